The highest BCUT2D eigenvalue weighted by atomic mass is 16.6. The highest BCUT2D eigenvalue weighted by Crippen LogP contribution is 2.35. The van der Waals surface area contributed by atoms with Gasteiger partial charge in [0.25, 0.3) is 0 Å². The molecule has 0 unspecified atom stereocenters. The fraction of sp³-hybridized carbons (Fsp3) is 0.261. The molecule has 0 bridgehead atoms. The second-order valence-corrected chi connectivity index (χ2v) is 6.88. The SMILES string of the molecule is O=C(COc1ccc2ccccc2c1)OC1(c2ccccc2)CCNCC1. The minimum Gasteiger partial charge on any atom is -0.482 e. The first-order chi connectivity index (χ1) is 13.3. The van der Waals surface area contributed by atoms with Crippen LogP contribution in [0.25, 0.3) is 10.8 Å². The molecule has 3 aromatic rings. The van der Waals surface area contributed by atoms with Crippen molar-refractivity contribution in [2.24, 2.45) is 0 Å². The van der Waals surface area contributed by atoms with E-state index in [0.29, 0.717) is 5.75 Å². The predicted octanol–water partition coefficient (Wildman–Crippen LogP) is 4.04. The van der Waals surface area contributed by atoms with Crippen molar-refractivity contribution in [2.45, 2.75) is 18.4 Å². The van der Waals surface area contributed by atoms with Crippen LogP contribution in [0.15, 0.2) is 72.8 Å². The molecule has 4 heteroatoms. The van der Waals surface area contributed by atoms with Crippen LogP contribution >= 0.6 is 0 Å². The van der Waals surface area contributed by atoms with Crippen molar-refractivity contribution in [3.63, 3.8) is 0 Å². The van der Waals surface area contributed by atoms with Gasteiger partial charge in [-0.3, -0.25) is 0 Å². The molecule has 1 heterocycles. The van der Waals surface area contributed by atoms with Crippen molar-refractivity contribution in [1.29, 1.82) is 0 Å². The lowest BCUT2D eigenvalue weighted by atomic mass is 9.85. The first kappa shape index (κ1) is 17.6. The molecule has 1 aliphatic rings. The van der Waals surface area contributed by atoms with Gasteiger partial charge in [-0.15, -0.1) is 0 Å². The van der Waals surface area contributed by atoms with Crippen LogP contribution in [-0.4, -0.2) is 25.7 Å². The molecule has 0 atom stereocenters. The molecule has 0 aliphatic carbocycles. The second kappa shape index (κ2) is 7.80. The average molecular weight is 361 g/mol. The Kier molecular flexibility index (Phi) is 5.07. The quantitative estimate of drug-likeness (QED) is 0.697. The predicted molar refractivity (Wildman–Crippen MR) is 106 cm³/mol. The van der Waals surface area contributed by atoms with Gasteiger partial charge in [0.1, 0.15) is 11.4 Å². The number of piperidine rings is 1. The smallest absolute Gasteiger partial charge is 0.345 e. The van der Waals surface area contributed by atoms with Gasteiger partial charge in [-0.05, 0) is 41.6 Å². The molecule has 1 saturated heterocycles. The molecule has 1 N–H and O–H groups in total. The molecule has 0 radical (unpaired) electrons. The molecule has 0 amide bonds. The maximum atomic E-state index is 12.6. The lowest BCUT2D eigenvalue weighted by molar-refractivity contribution is -0.166. The van der Waals surface area contributed by atoms with E-state index < -0.39 is 5.60 Å². The van der Waals surface area contributed by atoms with Gasteiger partial charge in [0, 0.05) is 12.8 Å². The molecule has 3 aromatic carbocycles. The summed E-state index contributed by atoms with van der Waals surface area (Å²) in [7, 11) is 0. The summed E-state index contributed by atoms with van der Waals surface area (Å²) in [5.74, 6) is 0.332. The van der Waals surface area contributed by atoms with Crippen molar-refractivity contribution >= 4 is 16.7 Å². The van der Waals surface area contributed by atoms with E-state index in [9.17, 15) is 4.79 Å². The number of esters is 1. The third-order valence-electron chi connectivity index (χ3n) is 5.10. The summed E-state index contributed by atoms with van der Waals surface area (Å²) in [6, 6.07) is 23.9. The van der Waals surface area contributed by atoms with E-state index in [0.717, 1.165) is 42.3 Å². The third-order valence-corrected chi connectivity index (χ3v) is 5.10. The number of carbonyl (C=O) groups excluding carboxylic acids is 1. The van der Waals surface area contributed by atoms with Crippen molar-refractivity contribution in [2.75, 3.05) is 19.7 Å². The van der Waals surface area contributed by atoms with Gasteiger partial charge in [0.05, 0.1) is 0 Å². The van der Waals surface area contributed by atoms with E-state index >= 15 is 0 Å². The van der Waals surface area contributed by atoms with Crippen molar-refractivity contribution in [3.8, 4) is 5.75 Å². The number of carbonyl (C=O) groups is 1. The van der Waals surface area contributed by atoms with Gasteiger partial charge < -0.3 is 14.8 Å². The monoisotopic (exact) mass is 361 g/mol. The molecule has 0 aromatic heterocycles. The summed E-state index contributed by atoms with van der Waals surface area (Å²) in [5, 5.41) is 5.56. The first-order valence-electron chi connectivity index (χ1n) is 9.35. The Morgan fingerprint density at radius 2 is 1.59 bits per heavy atom. The molecule has 1 aliphatic heterocycles. The summed E-state index contributed by atoms with van der Waals surface area (Å²) in [5.41, 5.74) is 0.474. The summed E-state index contributed by atoms with van der Waals surface area (Å²) < 4.78 is 11.7. The number of fused-ring (bicyclic) bond motifs is 1. The zero-order valence-corrected chi connectivity index (χ0v) is 15.2. The standard InChI is InChI=1S/C23H23NO3/c25-22(17-26-21-11-10-18-6-4-5-7-19(18)16-21)27-23(12-14-24-15-13-23)20-8-2-1-3-9-20/h1-11,16,24H,12-15,17H2. The summed E-state index contributed by atoms with van der Waals surface area (Å²) >= 11 is 0. The largest absolute Gasteiger partial charge is 0.482 e. The molecule has 0 spiro atoms. The summed E-state index contributed by atoms with van der Waals surface area (Å²) in [6.07, 6.45) is 1.53. The molecular formula is C23H23NO3. The van der Waals surface area contributed by atoms with E-state index in [1.165, 1.54) is 0 Å². The molecular weight excluding hydrogens is 338 g/mol. The Morgan fingerprint density at radius 1 is 0.889 bits per heavy atom. The fourth-order valence-corrected chi connectivity index (χ4v) is 3.67. The maximum absolute atomic E-state index is 12.6. The van der Waals surface area contributed by atoms with Crippen LogP contribution < -0.4 is 10.1 Å². The Morgan fingerprint density at radius 3 is 2.37 bits per heavy atom. The lowest BCUT2D eigenvalue weighted by Crippen LogP contribution is -2.43. The van der Waals surface area contributed by atoms with Crippen LogP contribution in [0.4, 0.5) is 0 Å². The highest BCUT2D eigenvalue weighted by Gasteiger charge is 2.37. The van der Waals surface area contributed by atoms with Gasteiger partial charge in [0.15, 0.2) is 6.61 Å². The molecule has 27 heavy (non-hydrogen) atoms. The normalized spacial score (nSPS) is 16.0. The molecule has 1 fully saturated rings. The number of hydrogen-bond donors (Lipinski definition) is 1. The summed E-state index contributed by atoms with van der Waals surface area (Å²) in [4.78, 5) is 12.6. The van der Waals surface area contributed by atoms with Gasteiger partial charge in [-0.2, -0.15) is 0 Å². The topological polar surface area (TPSA) is 47.6 Å². The molecule has 4 rings (SSSR count). The van der Waals surface area contributed by atoms with Crippen molar-refractivity contribution in [3.05, 3.63) is 78.4 Å². The zero-order valence-electron chi connectivity index (χ0n) is 15.2. The van der Waals surface area contributed by atoms with Crippen LogP contribution in [0.5, 0.6) is 5.75 Å². The Labute approximate surface area is 159 Å². The van der Waals surface area contributed by atoms with Crippen LogP contribution in [0.3, 0.4) is 0 Å². The van der Waals surface area contributed by atoms with E-state index in [-0.39, 0.29) is 12.6 Å². The fourth-order valence-electron chi connectivity index (χ4n) is 3.67. The number of nitrogens with one attached hydrogen (secondary N) is 1. The first-order valence-corrected chi connectivity index (χ1v) is 9.35. The number of benzene rings is 3. The molecule has 0 saturated carbocycles. The highest BCUT2D eigenvalue weighted by molar-refractivity contribution is 5.83. The minimum atomic E-state index is -0.573. The lowest BCUT2D eigenvalue weighted by Gasteiger charge is -2.37. The minimum absolute atomic E-state index is 0.0969. The van der Waals surface area contributed by atoms with Crippen LogP contribution in [-0.2, 0) is 15.1 Å². The average Bonchev–Trinajstić information content (AvgIpc) is 2.73. The second-order valence-electron chi connectivity index (χ2n) is 6.88. The van der Waals surface area contributed by atoms with Crippen LogP contribution in [0.1, 0.15) is 18.4 Å². The van der Waals surface area contributed by atoms with Crippen molar-refractivity contribution < 1.29 is 14.3 Å². The maximum Gasteiger partial charge on any atom is 0.345 e. The van der Waals surface area contributed by atoms with Crippen LogP contribution in [0, 0.1) is 0 Å². The summed E-state index contributed by atoms with van der Waals surface area (Å²) in [6.45, 7) is 1.56. The van der Waals surface area contributed by atoms with E-state index in [2.05, 4.69) is 5.32 Å². The van der Waals surface area contributed by atoms with Gasteiger partial charge in [0.2, 0.25) is 0 Å². The third kappa shape index (κ3) is 3.96. The van der Waals surface area contributed by atoms with E-state index in [1.807, 2.05) is 72.8 Å². The number of ether oxygens (including phenoxy) is 2. The molecule has 4 nitrogen and oxygen atoms in total. The number of rotatable bonds is 5. The van der Waals surface area contributed by atoms with Gasteiger partial charge in [-0.1, -0.05) is 60.7 Å². The van der Waals surface area contributed by atoms with E-state index in [4.69, 9.17) is 9.47 Å². The van der Waals surface area contributed by atoms with Gasteiger partial charge >= 0.3 is 5.97 Å². The Bertz CT molecular complexity index is 917. The Hall–Kier alpha value is -2.85. The van der Waals surface area contributed by atoms with Crippen LogP contribution in [0.2, 0.25) is 0 Å². The molecule has 138 valence electrons. The van der Waals surface area contributed by atoms with E-state index in [1.54, 1.807) is 0 Å². The Balaban J connectivity index is 1.45. The van der Waals surface area contributed by atoms with Crippen molar-refractivity contribution in [1.82, 2.24) is 5.32 Å². The van der Waals surface area contributed by atoms with Gasteiger partial charge in [-0.25, -0.2) is 4.79 Å². The number of hydrogen-bond acceptors (Lipinski definition) is 4. The zero-order chi connectivity index (χ0) is 18.5.